The number of carbonyl (C=O) groups is 1. The highest BCUT2D eigenvalue weighted by molar-refractivity contribution is 5.79. The number of benzene rings is 1. The lowest BCUT2D eigenvalue weighted by Crippen LogP contribution is -2.42. The van der Waals surface area contributed by atoms with Crippen molar-refractivity contribution in [3.63, 3.8) is 0 Å². The van der Waals surface area contributed by atoms with E-state index in [4.69, 9.17) is 0 Å². The molecule has 1 aliphatic rings. The van der Waals surface area contributed by atoms with Gasteiger partial charge in [-0.3, -0.25) is 14.9 Å². The molecule has 1 aromatic carbocycles. The average Bonchev–Trinajstić information content (AvgIpc) is 2.53. The van der Waals surface area contributed by atoms with Crippen LogP contribution in [0.1, 0.15) is 31.4 Å². The number of amides is 1. The van der Waals surface area contributed by atoms with Crippen LogP contribution in [0.3, 0.4) is 0 Å². The van der Waals surface area contributed by atoms with Crippen LogP contribution in [-0.2, 0) is 4.79 Å². The SMILES string of the molecule is CC(c1cccc([N+](=O)[O-])c1)N(C)C(=O)[C@@H]1CCCNC1. The van der Waals surface area contributed by atoms with Crippen LogP contribution in [-0.4, -0.2) is 35.9 Å². The Bertz CT molecular complexity index is 527. The van der Waals surface area contributed by atoms with Crippen LogP contribution in [0.25, 0.3) is 0 Å². The molecule has 0 aromatic heterocycles. The molecule has 6 heteroatoms. The summed E-state index contributed by atoms with van der Waals surface area (Å²) in [6, 6.07) is 6.29. The second-order valence-corrected chi connectivity index (χ2v) is 5.52. The molecule has 1 aromatic rings. The van der Waals surface area contributed by atoms with Crippen molar-refractivity contribution in [3.8, 4) is 0 Å². The number of hydrogen-bond donors (Lipinski definition) is 1. The topological polar surface area (TPSA) is 75.5 Å². The Balaban J connectivity index is 2.10. The Morgan fingerprint density at radius 1 is 1.52 bits per heavy atom. The van der Waals surface area contributed by atoms with Crippen molar-refractivity contribution < 1.29 is 9.72 Å². The molecule has 2 rings (SSSR count). The highest BCUT2D eigenvalue weighted by Crippen LogP contribution is 2.25. The van der Waals surface area contributed by atoms with Crippen molar-refractivity contribution in [2.45, 2.75) is 25.8 Å². The normalized spacial score (nSPS) is 19.8. The number of nitrogens with one attached hydrogen (secondary N) is 1. The van der Waals surface area contributed by atoms with Crippen molar-refractivity contribution in [3.05, 3.63) is 39.9 Å². The van der Waals surface area contributed by atoms with Crippen molar-refractivity contribution in [1.82, 2.24) is 10.2 Å². The summed E-state index contributed by atoms with van der Waals surface area (Å²) in [5.74, 6) is 0.103. The minimum absolute atomic E-state index is 0.00454. The number of hydrogen-bond acceptors (Lipinski definition) is 4. The maximum Gasteiger partial charge on any atom is 0.269 e. The summed E-state index contributed by atoms with van der Waals surface area (Å²) < 4.78 is 0. The Morgan fingerprint density at radius 3 is 2.90 bits per heavy atom. The third-order valence-corrected chi connectivity index (χ3v) is 4.14. The largest absolute Gasteiger partial charge is 0.339 e. The number of nitro groups is 1. The summed E-state index contributed by atoms with van der Waals surface area (Å²) in [4.78, 5) is 24.6. The third-order valence-electron chi connectivity index (χ3n) is 4.14. The molecule has 0 aliphatic carbocycles. The van der Waals surface area contributed by atoms with Gasteiger partial charge in [0.25, 0.3) is 5.69 Å². The van der Waals surface area contributed by atoms with Crippen LogP contribution in [0, 0.1) is 16.0 Å². The number of carbonyl (C=O) groups excluding carboxylic acids is 1. The number of nitrogens with zero attached hydrogens (tertiary/aromatic N) is 2. The first-order valence-electron chi connectivity index (χ1n) is 7.22. The Morgan fingerprint density at radius 2 is 2.29 bits per heavy atom. The van der Waals surface area contributed by atoms with Gasteiger partial charge < -0.3 is 10.2 Å². The zero-order valence-electron chi connectivity index (χ0n) is 12.4. The smallest absolute Gasteiger partial charge is 0.269 e. The van der Waals surface area contributed by atoms with E-state index < -0.39 is 4.92 Å². The first-order valence-corrected chi connectivity index (χ1v) is 7.22. The van der Waals surface area contributed by atoms with Crippen LogP contribution in [0.15, 0.2) is 24.3 Å². The first kappa shape index (κ1) is 15.4. The van der Waals surface area contributed by atoms with Gasteiger partial charge in [0.15, 0.2) is 0 Å². The number of piperidine rings is 1. The van der Waals surface area contributed by atoms with Crippen LogP contribution in [0.2, 0.25) is 0 Å². The van der Waals surface area contributed by atoms with E-state index in [2.05, 4.69) is 5.32 Å². The lowest BCUT2D eigenvalue weighted by molar-refractivity contribution is -0.384. The average molecular weight is 291 g/mol. The van der Waals surface area contributed by atoms with Gasteiger partial charge in [0.05, 0.1) is 16.9 Å². The van der Waals surface area contributed by atoms with Crippen molar-refractivity contribution in [2.24, 2.45) is 5.92 Å². The monoisotopic (exact) mass is 291 g/mol. The predicted octanol–water partition coefficient (Wildman–Crippen LogP) is 2.11. The second kappa shape index (κ2) is 6.67. The van der Waals surface area contributed by atoms with Gasteiger partial charge in [0, 0.05) is 25.7 Å². The summed E-state index contributed by atoms with van der Waals surface area (Å²) in [7, 11) is 1.76. The number of nitro benzene ring substituents is 1. The molecular weight excluding hydrogens is 270 g/mol. The third kappa shape index (κ3) is 3.58. The van der Waals surface area contributed by atoms with E-state index in [1.54, 1.807) is 18.0 Å². The van der Waals surface area contributed by atoms with Crippen molar-refractivity contribution >= 4 is 11.6 Å². The molecule has 6 nitrogen and oxygen atoms in total. The summed E-state index contributed by atoms with van der Waals surface area (Å²) in [6.07, 6.45) is 1.91. The molecule has 1 amide bonds. The van der Waals surface area contributed by atoms with Crippen LogP contribution in [0.4, 0.5) is 5.69 Å². The minimum Gasteiger partial charge on any atom is -0.339 e. The maximum atomic E-state index is 12.5. The molecule has 114 valence electrons. The molecule has 0 spiro atoms. The van der Waals surface area contributed by atoms with Gasteiger partial charge in [-0.1, -0.05) is 12.1 Å². The van der Waals surface area contributed by atoms with E-state index in [1.807, 2.05) is 13.0 Å². The summed E-state index contributed by atoms with van der Waals surface area (Å²) in [6.45, 7) is 3.58. The van der Waals surface area contributed by atoms with E-state index in [-0.39, 0.29) is 23.6 Å². The van der Waals surface area contributed by atoms with Crippen LogP contribution >= 0.6 is 0 Å². The van der Waals surface area contributed by atoms with E-state index in [9.17, 15) is 14.9 Å². The maximum absolute atomic E-state index is 12.5. The molecular formula is C15H21N3O3. The fourth-order valence-electron chi connectivity index (χ4n) is 2.66. The van der Waals surface area contributed by atoms with Crippen molar-refractivity contribution in [2.75, 3.05) is 20.1 Å². The summed E-state index contributed by atoms with van der Waals surface area (Å²) in [5, 5.41) is 14.1. The van der Waals surface area contributed by atoms with Gasteiger partial charge in [0.2, 0.25) is 5.91 Å². The molecule has 21 heavy (non-hydrogen) atoms. The lowest BCUT2D eigenvalue weighted by Gasteiger charge is -2.31. The van der Waals surface area contributed by atoms with Gasteiger partial charge in [-0.05, 0) is 31.9 Å². The van der Waals surface area contributed by atoms with Crippen LogP contribution in [0.5, 0.6) is 0 Å². The highest BCUT2D eigenvalue weighted by atomic mass is 16.6. The molecule has 0 saturated carbocycles. The van der Waals surface area contributed by atoms with E-state index in [1.165, 1.54) is 12.1 Å². The van der Waals surface area contributed by atoms with Gasteiger partial charge in [0.1, 0.15) is 0 Å². The zero-order chi connectivity index (χ0) is 15.4. The second-order valence-electron chi connectivity index (χ2n) is 5.52. The first-order chi connectivity index (χ1) is 10.0. The Labute approximate surface area is 124 Å². The fraction of sp³-hybridized carbons (Fsp3) is 0.533. The molecule has 2 atom stereocenters. The Kier molecular flexibility index (Phi) is 4.90. The highest BCUT2D eigenvalue weighted by Gasteiger charge is 2.27. The van der Waals surface area contributed by atoms with Gasteiger partial charge in [-0.25, -0.2) is 0 Å². The minimum atomic E-state index is -0.414. The molecule has 1 N–H and O–H groups in total. The molecule has 1 heterocycles. The van der Waals surface area contributed by atoms with Gasteiger partial charge in [-0.15, -0.1) is 0 Å². The zero-order valence-corrected chi connectivity index (χ0v) is 12.4. The number of rotatable bonds is 4. The quantitative estimate of drug-likeness (QED) is 0.681. The molecule has 1 unspecified atom stereocenters. The van der Waals surface area contributed by atoms with Crippen LogP contribution < -0.4 is 5.32 Å². The lowest BCUT2D eigenvalue weighted by atomic mass is 9.97. The molecule has 1 aliphatic heterocycles. The van der Waals surface area contributed by atoms with E-state index in [0.717, 1.165) is 24.9 Å². The van der Waals surface area contributed by atoms with E-state index >= 15 is 0 Å². The molecule has 0 bridgehead atoms. The van der Waals surface area contributed by atoms with Crippen molar-refractivity contribution in [1.29, 1.82) is 0 Å². The molecule has 1 saturated heterocycles. The molecule has 1 fully saturated rings. The standard InChI is InChI=1S/C15H21N3O3/c1-11(12-5-3-7-14(9-12)18(20)21)17(2)15(19)13-6-4-8-16-10-13/h3,5,7,9,11,13,16H,4,6,8,10H2,1-2H3/t11?,13-/m1/s1. The number of non-ortho nitro benzene ring substituents is 1. The molecule has 0 radical (unpaired) electrons. The summed E-state index contributed by atoms with van der Waals surface area (Å²) in [5.41, 5.74) is 0.836. The fourth-order valence-corrected chi connectivity index (χ4v) is 2.66. The van der Waals surface area contributed by atoms with E-state index in [0.29, 0.717) is 6.54 Å². The van der Waals surface area contributed by atoms with Gasteiger partial charge >= 0.3 is 0 Å². The Hall–Kier alpha value is -1.95. The summed E-state index contributed by atoms with van der Waals surface area (Å²) >= 11 is 0. The van der Waals surface area contributed by atoms with Gasteiger partial charge in [-0.2, -0.15) is 0 Å². The predicted molar refractivity (Wildman–Crippen MR) is 79.9 cm³/mol.